The number of carbonyl (C=O) groups is 2. The Morgan fingerprint density at radius 3 is 2.51 bits per heavy atom. The van der Waals surface area contributed by atoms with Crippen molar-refractivity contribution < 1.29 is 27.5 Å². The van der Waals surface area contributed by atoms with E-state index in [0.717, 1.165) is 30.5 Å². The van der Waals surface area contributed by atoms with Crippen LogP contribution in [0.15, 0.2) is 72.8 Å². The molecule has 0 saturated carbocycles. The van der Waals surface area contributed by atoms with E-state index in [1.165, 1.54) is 23.3 Å². The maximum absolute atomic E-state index is 13.7. The van der Waals surface area contributed by atoms with Crippen molar-refractivity contribution in [2.75, 3.05) is 11.5 Å². The maximum Gasteiger partial charge on any atom is 0.416 e. The smallest absolute Gasteiger partial charge is 0.416 e. The van der Waals surface area contributed by atoms with E-state index < -0.39 is 29.8 Å². The van der Waals surface area contributed by atoms with Crippen LogP contribution in [0.2, 0.25) is 0 Å². The number of fused-ring (bicyclic) bond motifs is 1. The predicted molar refractivity (Wildman–Crippen MR) is 133 cm³/mol. The van der Waals surface area contributed by atoms with Crippen molar-refractivity contribution in [3.8, 4) is 0 Å². The number of amides is 1. The number of halogens is 3. The van der Waals surface area contributed by atoms with Crippen LogP contribution in [0.5, 0.6) is 0 Å². The van der Waals surface area contributed by atoms with E-state index in [-0.39, 0.29) is 18.6 Å². The van der Waals surface area contributed by atoms with Crippen LogP contribution in [0.25, 0.3) is 0 Å². The van der Waals surface area contributed by atoms with Crippen LogP contribution < -0.4 is 10.2 Å². The van der Waals surface area contributed by atoms with Gasteiger partial charge in [-0.3, -0.25) is 10.1 Å². The molecule has 3 aromatic rings. The van der Waals surface area contributed by atoms with Gasteiger partial charge in [-0.25, -0.2) is 4.79 Å². The van der Waals surface area contributed by atoms with Gasteiger partial charge in [0.05, 0.1) is 29.8 Å². The summed E-state index contributed by atoms with van der Waals surface area (Å²) in [5.74, 6) is -0.678. The molecule has 0 bridgehead atoms. The molecule has 1 aliphatic heterocycles. The molecule has 1 fully saturated rings. The van der Waals surface area contributed by atoms with Gasteiger partial charge in [0.25, 0.3) is 0 Å². The quantitative estimate of drug-likeness (QED) is 0.415. The largest absolute Gasteiger partial charge is 0.462 e. The van der Waals surface area contributed by atoms with Crippen molar-refractivity contribution in [1.29, 1.82) is 0 Å². The number of nitrogens with zero attached hydrogens (tertiary/aromatic N) is 1. The molecular formula is C29H27F3N2O3. The number of aryl methyl sites for hydroxylation is 1. The van der Waals surface area contributed by atoms with Gasteiger partial charge < -0.3 is 9.64 Å². The summed E-state index contributed by atoms with van der Waals surface area (Å²) < 4.78 is 44.7. The molecule has 1 heterocycles. The molecule has 1 amide bonds. The molecule has 5 rings (SSSR count). The molecular weight excluding hydrogens is 481 g/mol. The zero-order valence-corrected chi connectivity index (χ0v) is 20.3. The highest BCUT2D eigenvalue weighted by atomic mass is 19.4. The van der Waals surface area contributed by atoms with Crippen molar-refractivity contribution in [3.05, 3.63) is 101 Å². The Hall–Kier alpha value is -3.65. The highest BCUT2D eigenvalue weighted by Crippen LogP contribution is 2.41. The van der Waals surface area contributed by atoms with Gasteiger partial charge >= 0.3 is 12.1 Å². The van der Waals surface area contributed by atoms with Crippen molar-refractivity contribution in [2.45, 2.75) is 50.5 Å². The van der Waals surface area contributed by atoms with Gasteiger partial charge in [0.2, 0.25) is 5.91 Å². The lowest BCUT2D eigenvalue weighted by Gasteiger charge is -2.26. The summed E-state index contributed by atoms with van der Waals surface area (Å²) in [6.07, 6.45) is -2.28. The lowest BCUT2D eigenvalue weighted by Crippen LogP contribution is -2.40. The average Bonchev–Trinajstić information content (AvgIpc) is 3.45. The Morgan fingerprint density at radius 2 is 1.78 bits per heavy atom. The van der Waals surface area contributed by atoms with Gasteiger partial charge in [0.15, 0.2) is 0 Å². The summed E-state index contributed by atoms with van der Waals surface area (Å²) in [7, 11) is 0. The minimum absolute atomic E-state index is 0.0178. The van der Waals surface area contributed by atoms with Gasteiger partial charge in [-0.2, -0.15) is 13.2 Å². The number of rotatable bonds is 6. The van der Waals surface area contributed by atoms with Gasteiger partial charge in [-0.1, -0.05) is 36.4 Å². The first-order valence-electron chi connectivity index (χ1n) is 12.4. The van der Waals surface area contributed by atoms with E-state index in [2.05, 4.69) is 17.4 Å². The minimum Gasteiger partial charge on any atom is -0.462 e. The molecule has 0 radical (unpaired) electrons. The predicted octanol–water partition coefficient (Wildman–Crippen LogP) is 6.01. The van der Waals surface area contributed by atoms with Crippen LogP contribution in [0.4, 0.5) is 18.9 Å². The molecule has 8 heteroatoms. The Kier molecular flexibility index (Phi) is 6.77. The summed E-state index contributed by atoms with van der Waals surface area (Å²) >= 11 is 0. The van der Waals surface area contributed by atoms with Gasteiger partial charge in [-0.15, -0.1) is 0 Å². The SMILES string of the molecule is CCOC(=O)c1cccc([C@H]2C[C@@H](N[C@H]3CCc4ccccc43)C(=O)N2c2ccc(C(F)(F)F)cc2)c1. The molecule has 1 saturated heterocycles. The third-order valence-electron chi connectivity index (χ3n) is 7.10. The zero-order chi connectivity index (χ0) is 26.2. The highest BCUT2D eigenvalue weighted by Gasteiger charge is 2.43. The molecule has 192 valence electrons. The number of ether oxygens (including phenoxy) is 1. The monoisotopic (exact) mass is 508 g/mol. The molecule has 2 aliphatic rings. The number of alkyl halides is 3. The number of nitrogens with one attached hydrogen (secondary N) is 1. The third-order valence-corrected chi connectivity index (χ3v) is 7.10. The van der Waals surface area contributed by atoms with E-state index in [1.807, 2.05) is 18.2 Å². The maximum atomic E-state index is 13.7. The Labute approximate surface area is 213 Å². The highest BCUT2D eigenvalue weighted by molar-refractivity contribution is 6.00. The molecule has 5 nitrogen and oxygen atoms in total. The fraction of sp³-hybridized carbons (Fsp3) is 0.310. The molecule has 1 aliphatic carbocycles. The average molecular weight is 509 g/mol. The standard InChI is InChI=1S/C29H27F3N2O3/c1-2-37-28(36)20-8-5-7-19(16-20)26-17-25(33-24-15-10-18-6-3-4-9-23(18)24)27(35)34(26)22-13-11-21(12-14-22)29(30,31)32/h3-9,11-14,16,24-26,33H,2,10,15,17H2,1H3/t24-,25+,26+/m0/s1. The summed E-state index contributed by atoms with van der Waals surface area (Å²) in [6.45, 7) is 1.96. The second kappa shape index (κ2) is 10.0. The Bertz CT molecular complexity index is 1310. The number of anilines is 1. The zero-order valence-electron chi connectivity index (χ0n) is 20.3. The van der Waals surface area contributed by atoms with Crippen LogP contribution in [-0.4, -0.2) is 24.5 Å². The number of esters is 1. The summed E-state index contributed by atoms with van der Waals surface area (Å²) in [5, 5.41) is 3.51. The van der Waals surface area contributed by atoms with Gasteiger partial charge in [-0.05, 0) is 79.3 Å². The number of benzene rings is 3. The van der Waals surface area contributed by atoms with Gasteiger partial charge in [0.1, 0.15) is 0 Å². The normalized spacial score (nSPS) is 21.2. The van der Waals surface area contributed by atoms with Crippen LogP contribution in [0.3, 0.4) is 0 Å². The van der Waals surface area contributed by atoms with Crippen molar-refractivity contribution >= 4 is 17.6 Å². The summed E-state index contributed by atoms with van der Waals surface area (Å²) in [5.41, 5.74) is 3.10. The summed E-state index contributed by atoms with van der Waals surface area (Å²) in [6, 6.07) is 18.7. The first kappa shape index (κ1) is 25.0. The van der Waals surface area contributed by atoms with E-state index in [1.54, 1.807) is 30.0 Å². The Balaban J connectivity index is 1.48. The fourth-order valence-corrected chi connectivity index (χ4v) is 5.35. The van der Waals surface area contributed by atoms with Crippen molar-refractivity contribution in [3.63, 3.8) is 0 Å². The van der Waals surface area contributed by atoms with Crippen LogP contribution in [0, 0.1) is 0 Å². The van der Waals surface area contributed by atoms with Crippen LogP contribution in [0.1, 0.15) is 64.5 Å². The van der Waals surface area contributed by atoms with Crippen LogP contribution in [-0.2, 0) is 22.1 Å². The first-order valence-corrected chi connectivity index (χ1v) is 12.4. The molecule has 0 unspecified atom stereocenters. The van der Waals surface area contributed by atoms with Crippen LogP contribution >= 0.6 is 0 Å². The Morgan fingerprint density at radius 1 is 1.03 bits per heavy atom. The van der Waals surface area contributed by atoms with Crippen molar-refractivity contribution in [1.82, 2.24) is 5.32 Å². The molecule has 3 aromatic carbocycles. The van der Waals surface area contributed by atoms with E-state index in [0.29, 0.717) is 17.7 Å². The number of hydrogen-bond acceptors (Lipinski definition) is 4. The number of carbonyl (C=O) groups excluding carboxylic acids is 2. The molecule has 0 aromatic heterocycles. The van der Waals surface area contributed by atoms with Crippen molar-refractivity contribution in [2.24, 2.45) is 0 Å². The molecule has 37 heavy (non-hydrogen) atoms. The molecule has 3 atom stereocenters. The summed E-state index contributed by atoms with van der Waals surface area (Å²) in [4.78, 5) is 27.6. The lowest BCUT2D eigenvalue weighted by atomic mass is 9.99. The second-order valence-electron chi connectivity index (χ2n) is 9.36. The van der Waals surface area contributed by atoms with E-state index >= 15 is 0 Å². The van der Waals surface area contributed by atoms with E-state index in [4.69, 9.17) is 4.74 Å². The first-order chi connectivity index (χ1) is 17.8. The topological polar surface area (TPSA) is 58.6 Å². The number of hydrogen-bond donors (Lipinski definition) is 1. The van der Waals surface area contributed by atoms with E-state index in [9.17, 15) is 22.8 Å². The fourth-order valence-electron chi connectivity index (χ4n) is 5.35. The minimum atomic E-state index is -4.47. The van der Waals surface area contributed by atoms with Gasteiger partial charge in [0, 0.05) is 11.7 Å². The third kappa shape index (κ3) is 4.98. The molecule has 0 spiro atoms. The second-order valence-corrected chi connectivity index (χ2v) is 9.36. The lowest BCUT2D eigenvalue weighted by molar-refractivity contribution is -0.137. The molecule has 1 N–H and O–H groups in total.